The fourth-order valence-corrected chi connectivity index (χ4v) is 2.76. The average molecular weight is 241 g/mol. The van der Waals surface area contributed by atoms with Crippen LogP contribution < -0.4 is 5.32 Å². The Morgan fingerprint density at radius 1 is 1.29 bits per heavy atom. The minimum Gasteiger partial charge on any atom is -0.481 e. The van der Waals surface area contributed by atoms with E-state index in [1.807, 2.05) is 0 Å². The molecule has 0 aromatic carbocycles. The lowest BCUT2D eigenvalue weighted by Crippen LogP contribution is -2.55. The fraction of sp³-hybridized carbons (Fsp3) is 0.923. The second kappa shape index (κ2) is 5.83. The van der Waals surface area contributed by atoms with Crippen LogP contribution in [0.5, 0.6) is 0 Å². The normalized spacial score (nSPS) is 24.2. The van der Waals surface area contributed by atoms with E-state index in [4.69, 9.17) is 9.84 Å². The van der Waals surface area contributed by atoms with Gasteiger partial charge in [-0.15, -0.1) is 0 Å². The Bertz CT molecular complexity index is 257. The highest BCUT2D eigenvalue weighted by atomic mass is 16.5. The predicted molar refractivity (Wildman–Crippen MR) is 64.9 cm³/mol. The molecular formula is C13H23NO3. The van der Waals surface area contributed by atoms with E-state index in [1.165, 1.54) is 38.5 Å². The van der Waals surface area contributed by atoms with Gasteiger partial charge in [-0.1, -0.05) is 32.1 Å². The van der Waals surface area contributed by atoms with Crippen molar-refractivity contribution in [3.05, 3.63) is 0 Å². The first-order valence-corrected chi connectivity index (χ1v) is 6.75. The second-order valence-electron chi connectivity index (χ2n) is 5.55. The fourth-order valence-electron chi connectivity index (χ4n) is 2.76. The highest BCUT2D eigenvalue weighted by Gasteiger charge is 2.45. The topological polar surface area (TPSA) is 58.6 Å². The highest BCUT2D eigenvalue weighted by Crippen LogP contribution is 2.28. The first kappa shape index (κ1) is 12.8. The van der Waals surface area contributed by atoms with E-state index in [1.54, 1.807) is 0 Å². The molecule has 0 radical (unpaired) electrons. The Morgan fingerprint density at radius 2 is 2.00 bits per heavy atom. The first-order valence-electron chi connectivity index (χ1n) is 6.75. The molecule has 0 bridgehead atoms. The lowest BCUT2D eigenvalue weighted by Gasteiger charge is -2.37. The molecule has 0 atom stereocenters. The molecule has 0 unspecified atom stereocenters. The molecule has 4 nitrogen and oxygen atoms in total. The van der Waals surface area contributed by atoms with E-state index >= 15 is 0 Å². The van der Waals surface area contributed by atoms with Crippen molar-refractivity contribution in [2.75, 3.05) is 26.3 Å². The monoisotopic (exact) mass is 241 g/mol. The lowest BCUT2D eigenvalue weighted by atomic mass is 9.85. The van der Waals surface area contributed by atoms with Crippen LogP contribution in [-0.4, -0.2) is 37.4 Å². The molecule has 0 amide bonds. The van der Waals surface area contributed by atoms with Gasteiger partial charge in [0.05, 0.1) is 13.2 Å². The zero-order chi connectivity index (χ0) is 12.1. The summed E-state index contributed by atoms with van der Waals surface area (Å²) in [5, 5.41) is 12.4. The Hall–Kier alpha value is -0.610. The Labute approximate surface area is 103 Å². The number of hydrogen-bond donors (Lipinski definition) is 2. The third-order valence-electron chi connectivity index (χ3n) is 4.13. The molecule has 0 aromatic heterocycles. The van der Waals surface area contributed by atoms with Crippen molar-refractivity contribution in [1.29, 1.82) is 0 Å². The molecule has 1 heterocycles. The van der Waals surface area contributed by atoms with Crippen LogP contribution in [0.2, 0.25) is 0 Å². The standard InChI is InChI=1S/C13H23NO3/c15-12(16)13(9-17-10-13)8-14-7-6-11-4-2-1-3-5-11/h11,14H,1-10H2,(H,15,16). The number of aliphatic carboxylic acids is 1. The van der Waals surface area contributed by atoms with Crippen LogP contribution in [0, 0.1) is 11.3 Å². The summed E-state index contributed by atoms with van der Waals surface area (Å²) in [4.78, 5) is 11.1. The molecule has 1 saturated carbocycles. The van der Waals surface area contributed by atoms with Gasteiger partial charge in [-0.05, 0) is 18.9 Å². The number of rotatable bonds is 6. The van der Waals surface area contributed by atoms with E-state index in [0.29, 0.717) is 19.8 Å². The predicted octanol–water partition coefficient (Wildman–Crippen LogP) is 1.65. The van der Waals surface area contributed by atoms with Gasteiger partial charge in [-0.3, -0.25) is 4.79 Å². The summed E-state index contributed by atoms with van der Waals surface area (Å²) in [6, 6.07) is 0. The number of carboxylic acid groups (broad SMARTS) is 1. The Kier molecular flexibility index (Phi) is 4.40. The molecule has 1 saturated heterocycles. The second-order valence-corrected chi connectivity index (χ2v) is 5.55. The largest absolute Gasteiger partial charge is 0.481 e. The quantitative estimate of drug-likeness (QED) is 0.694. The number of carbonyl (C=O) groups is 1. The van der Waals surface area contributed by atoms with E-state index in [-0.39, 0.29) is 0 Å². The van der Waals surface area contributed by atoms with Crippen molar-refractivity contribution in [2.45, 2.75) is 38.5 Å². The zero-order valence-corrected chi connectivity index (χ0v) is 10.4. The Balaban J connectivity index is 1.60. The van der Waals surface area contributed by atoms with Gasteiger partial charge < -0.3 is 15.2 Å². The van der Waals surface area contributed by atoms with E-state index in [0.717, 1.165) is 12.5 Å². The van der Waals surface area contributed by atoms with Crippen molar-refractivity contribution in [3.8, 4) is 0 Å². The van der Waals surface area contributed by atoms with Gasteiger partial charge in [-0.25, -0.2) is 0 Å². The lowest BCUT2D eigenvalue weighted by molar-refractivity contribution is -0.178. The van der Waals surface area contributed by atoms with E-state index in [9.17, 15) is 4.79 Å². The van der Waals surface area contributed by atoms with Crippen molar-refractivity contribution in [1.82, 2.24) is 5.32 Å². The molecule has 17 heavy (non-hydrogen) atoms. The summed E-state index contributed by atoms with van der Waals surface area (Å²) in [5.41, 5.74) is -0.646. The molecule has 98 valence electrons. The van der Waals surface area contributed by atoms with Gasteiger partial charge in [0.15, 0.2) is 0 Å². The molecule has 1 aliphatic carbocycles. The number of nitrogens with one attached hydrogen (secondary N) is 1. The van der Waals surface area contributed by atoms with Gasteiger partial charge in [0.1, 0.15) is 5.41 Å². The molecule has 4 heteroatoms. The summed E-state index contributed by atoms with van der Waals surface area (Å²) in [6.45, 7) is 2.21. The number of ether oxygens (including phenoxy) is 1. The number of carboxylic acids is 1. The van der Waals surface area contributed by atoms with E-state index < -0.39 is 11.4 Å². The minimum absolute atomic E-state index is 0.360. The molecule has 2 N–H and O–H groups in total. The maximum atomic E-state index is 11.1. The first-order chi connectivity index (χ1) is 8.23. The van der Waals surface area contributed by atoms with Crippen molar-refractivity contribution >= 4 is 5.97 Å². The molecule has 0 aromatic rings. The van der Waals surface area contributed by atoms with Gasteiger partial charge in [0.2, 0.25) is 0 Å². The van der Waals surface area contributed by atoms with Gasteiger partial charge in [0.25, 0.3) is 0 Å². The van der Waals surface area contributed by atoms with Gasteiger partial charge in [0, 0.05) is 6.54 Å². The molecule has 2 fully saturated rings. The molecule has 2 rings (SSSR count). The summed E-state index contributed by atoms with van der Waals surface area (Å²) in [7, 11) is 0. The molecule has 0 spiro atoms. The van der Waals surface area contributed by atoms with Crippen molar-refractivity contribution < 1.29 is 14.6 Å². The Morgan fingerprint density at radius 3 is 2.53 bits per heavy atom. The maximum Gasteiger partial charge on any atom is 0.315 e. The average Bonchev–Trinajstić information content (AvgIpc) is 2.27. The summed E-state index contributed by atoms with van der Waals surface area (Å²) in [6.07, 6.45) is 8.04. The summed E-state index contributed by atoms with van der Waals surface area (Å²) < 4.78 is 5.03. The summed E-state index contributed by atoms with van der Waals surface area (Å²) >= 11 is 0. The molecule has 2 aliphatic rings. The zero-order valence-electron chi connectivity index (χ0n) is 10.4. The smallest absolute Gasteiger partial charge is 0.315 e. The van der Waals surface area contributed by atoms with Crippen LogP contribution in [0.4, 0.5) is 0 Å². The minimum atomic E-state index is -0.728. The molecular weight excluding hydrogens is 218 g/mol. The third kappa shape index (κ3) is 3.19. The molecule has 1 aliphatic heterocycles. The van der Waals surface area contributed by atoms with Crippen LogP contribution in [-0.2, 0) is 9.53 Å². The van der Waals surface area contributed by atoms with E-state index in [2.05, 4.69) is 5.32 Å². The van der Waals surface area contributed by atoms with Gasteiger partial charge in [-0.2, -0.15) is 0 Å². The van der Waals surface area contributed by atoms with Crippen LogP contribution in [0.25, 0.3) is 0 Å². The summed E-state index contributed by atoms with van der Waals surface area (Å²) in [5.74, 6) is 0.128. The third-order valence-corrected chi connectivity index (χ3v) is 4.13. The van der Waals surface area contributed by atoms with Gasteiger partial charge >= 0.3 is 5.97 Å². The SMILES string of the molecule is O=C(O)C1(CNCCC2CCCCC2)COC1. The van der Waals surface area contributed by atoms with Crippen LogP contribution >= 0.6 is 0 Å². The van der Waals surface area contributed by atoms with Crippen LogP contribution in [0.15, 0.2) is 0 Å². The van der Waals surface area contributed by atoms with Crippen molar-refractivity contribution in [2.24, 2.45) is 11.3 Å². The number of hydrogen-bond acceptors (Lipinski definition) is 3. The maximum absolute atomic E-state index is 11.1. The highest BCUT2D eigenvalue weighted by molar-refractivity contribution is 5.76. The van der Waals surface area contributed by atoms with Crippen LogP contribution in [0.1, 0.15) is 38.5 Å². The van der Waals surface area contributed by atoms with Crippen LogP contribution in [0.3, 0.4) is 0 Å². The van der Waals surface area contributed by atoms with Crippen molar-refractivity contribution in [3.63, 3.8) is 0 Å².